The number of carbonyl (C=O) groups is 1. The highest BCUT2D eigenvalue weighted by molar-refractivity contribution is 9.10. The fraction of sp³-hybridized carbons (Fsp3) is 0.500. The smallest absolute Gasteiger partial charge is 0.306 e. The first kappa shape index (κ1) is 17.5. The van der Waals surface area contributed by atoms with E-state index in [0.717, 1.165) is 28.2 Å². The van der Waals surface area contributed by atoms with Crippen molar-refractivity contribution >= 4 is 33.7 Å². The van der Waals surface area contributed by atoms with Crippen LogP contribution in [0, 0.1) is 0 Å². The van der Waals surface area contributed by atoms with Crippen LogP contribution in [-0.4, -0.2) is 39.1 Å². The number of nitrogens with one attached hydrogen (secondary N) is 1. The van der Waals surface area contributed by atoms with Gasteiger partial charge in [0, 0.05) is 35.3 Å². The van der Waals surface area contributed by atoms with E-state index in [9.17, 15) is 4.79 Å². The third-order valence-electron chi connectivity index (χ3n) is 2.60. The summed E-state index contributed by atoms with van der Waals surface area (Å²) in [6.07, 6.45) is 0.425. The fourth-order valence-corrected chi connectivity index (χ4v) is 3.14. The van der Waals surface area contributed by atoms with E-state index in [1.807, 2.05) is 0 Å². The topological polar surface area (TPSA) is 47.6 Å². The van der Waals surface area contributed by atoms with Crippen molar-refractivity contribution in [1.29, 1.82) is 0 Å². The number of thioether (sulfide) groups is 1. The van der Waals surface area contributed by atoms with Crippen molar-refractivity contribution in [2.75, 3.05) is 33.1 Å². The highest BCUT2D eigenvalue weighted by Gasteiger charge is 2.05. The van der Waals surface area contributed by atoms with Gasteiger partial charge in [-0.1, -0.05) is 6.07 Å². The van der Waals surface area contributed by atoms with Crippen molar-refractivity contribution < 1.29 is 14.3 Å². The molecule has 1 N–H and O–H groups in total. The molecule has 0 unspecified atom stereocenters. The molecule has 4 nitrogen and oxygen atoms in total. The van der Waals surface area contributed by atoms with E-state index in [4.69, 9.17) is 4.74 Å². The number of rotatable bonds is 9. The maximum Gasteiger partial charge on any atom is 0.306 e. The van der Waals surface area contributed by atoms with Crippen LogP contribution in [0.4, 0.5) is 0 Å². The van der Waals surface area contributed by atoms with Crippen LogP contribution >= 0.6 is 27.7 Å². The van der Waals surface area contributed by atoms with Gasteiger partial charge in [0.15, 0.2) is 0 Å². The maximum absolute atomic E-state index is 11.0. The van der Waals surface area contributed by atoms with E-state index < -0.39 is 0 Å². The van der Waals surface area contributed by atoms with Crippen molar-refractivity contribution in [3.05, 3.63) is 28.2 Å². The Labute approximate surface area is 132 Å². The van der Waals surface area contributed by atoms with E-state index in [-0.39, 0.29) is 5.97 Å². The number of benzene rings is 1. The molecule has 1 aromatic rings. The molecule has 1 aromatic carbocycles. The van der Waals surface area contributed by atoms with Crippen LogP contribution < -0.4 is 5.32 Å². The molecule has 0 spiro atoms. The molecule has 20 heavy (non-hydrogen) atoms. The summed E-state index contributed by atoms with van der Waals surface area (Å²) in [6.45, 7) is 2.36. The molecule has 6 heteroatoms. The molecule has 0 aliphatic heterocycles. The van der Waals surface area contributed by atoms with Crippen LogP contribution in [0.2, 0.25) is 0 Å². The lowest BCUT2D eigenvalue weighted by Gasteiger charge is -2.08. The first-order chi connectivity index (χ1) is 9.67. The number of ether oxygens (including phenoxy) is 2. The van der Waals surface area contributed by atoms with Gasteiger partial charge in [0.05, 0.1) is 20.1 Å². The largest absolute Gasteiger partial charge is 0.469 e. The summed E-state index contributed by atoms with van der Waals surface area (Å²) in [5.74, 6) is 0.545. The zero-order chi connectivity index (χ0) is 14.8. The molecule has 0 heterocycles. The average molecular weight is 362 g/mol. The molecule has 0 aliphatic rings. The highest BCUT2D eigenvalue weighted by Crippen LogP contribution is 2.28. The van der Waals surface area contributed by atoms with Gasteiger partial charge in [-0.3, -0.25) is 4.79 Å². The molecule has 1 rings (SSSR count). The van der Waals surface area contributed by atoms with Gasteiger partial charge < -0.3 is 14.8 Å². The van der Waals surface area contributed by atoms with E-state index in [1.54, 1.807) is 18.9 Å². The lowest BCUT2D eigenvalue weighted by Crippen LogP contribution is -2.18. The SMILES string of the molecule is COCCNCc1ccc(SCCC(=O)OC)c(Br)c1. The zero-order valence-electron chi connectivity index (χ0n) is 11.8. The van der Waals surface area contributed by atoms with Crippen LogP contribution in [0.15, 0.2) is 27.6 Å². The van der Waals surface area contributed by atoms with E-state index >= 15 is 0 Å². The highest BCUT2D eigenvalue weighted by atomic mass is 79.9. The minimum atomic E-state index is -0.174. The summed E-state index contributed by atoms with van der Waals surface area (Å²) in [6, 6.07) is 6.25. The van der Waals surface area contributed by atoms with Crippen LogP contribution in [-0.2, 0) is 20.8 Å². The van der Waals surface area contributed by atoms with Crippen LogP contribution in [0.25, 0.3) is 0 Å². The summed E-state index contributed by atoms with van der Waals surface area (Å²) < 4.78 is 10.7. The lowest BCUT2D eigenvalue weighted by molar-refractivity contribution is -0.140. The molecule has 0 aromatic heterocycles. The third-order valence-corrected chi connectivity index (χ3v) is 4.59. The molecule has 0 radical (unpaired) electrons. The summed E-state index contributed by atoms with van der Waals surface area (Å²) in [5, 5.41) is 3.30. The second-order valence-corrected chi connectivity index (χ2v) is 6.10. The quantitative estimate of drug-likeness (QED) is 0.416. The lowest BCUT2D eigenvalue weighted by atomic mass is 10.2. The molecule has 112 valence electrons. The predicted octanol–water partition coefficient (Wildman–Crippen LogP) is 2.84. The monoisotopic (exact) mass is 361 g/mol. The van der Waals surface area contributed by atoms with Crippen molar-refractivity contribution in [3.8, 4) is 0 Å². The molecular formula is C14H20BrNO3S. The van der Waals surface area contributed by atoms with Gasteiger partial charge in [-0.15, -0.1) is 11.8 Å². The number of hydrogen-bond donors (Lipinski definition) is 1. The minimum Gasteiger partial charge on any atom is -0.469 e. The van der Waals surface area contributed by atoms with Crippen LogP contribution in [0.3, 0.4) is 0 Å². The Bertz CT molecular complexity index is 429. The molecular weight excluding hydrogens is 342 g/mol. The van der Waals surface area contributed by atoms with Gasteiger partial charge in [-0.05, 0) is 33.6 Å². The number of esters is 1. The molecule has 0 fully saturated rings. The second-order valence-electron chi connectivity index (χ2n) is 4.11. The van der Waals surface area contributed by atoms with Gasteiger partial charge in [-0.25, -0.2) is 0 Å². The average Bonchev–Trinajstić information content (AvgIpc) is 2.45. The molecule has 0 saturated carbocycles. The Balaban J connectivity index is 2.40. The third kappa shape index (κ3) is 6.74. The number of carbonyl (C=O) groups excluding carboxylic acids is 1. The summed E-state index contributed by atoms with van der Waals surface area (Å²) in [7, 11) is 3.10. The summed E-state index contributed by atoms with van der Waals surface area (Å²) in [4.78, 5) is 12.2. The minimum absolute atomic E-state index is 0.174. The van der Waals surface area contributed by atoms with Crippen molar-refractivity contribution in [2.24, 2.45) is 0 Å². The molecule has 0 atom stereocenters. The van der Waals surface area contributed by atoms with Gasteiger partial charge >= 0.3 is 5.97 Å². The Morgan fingerprint density at radius 3 is 2.85 bits per heavy atom. The summed E-state index contributed by atoms with van der Waals surface area (Å²) in [5.41, 5.74) is 1.21. The molecule has 0 amide bonds. The van der Waals surface area contributed by atoms with Gasteiger partial charge in [0.1, 0.15) is 0 Å². The first-order valence-corrected chi connectivity index (χ1v) is 8.13. The Morgan fingerprint density at radius 1 is 1.40 bits per heavy atom. The normalized spacial score (nSPS) is 10.6. The number of methoxy groups -OCH3 is 2. The van der Waals surface area contributed by atoms with Crippen molar-refractivity contribution in [2.45, 2.75) is 17.9 Å². The molecule has 0 saturated heterocycles. The number of hydrogen-bond acceptors (Lipinski definition) is 5. The van der Waals surface area contributed by atoms with E-state index in [2.05, 4.69) is 44.2 Å². The Kier molecular flexibility index (Phi) is 8.93. The first-order valence-electron chi connectivity index (χ1n) is 6.35. The second kappa shape index (κ2) is 10.2. The van der Waals surface area contributed by atoms with E-state index in [0.29, 0.717) is 13.0 Å². The van der Waals surface area contributed by atoms with Gasteiger partial charge in [0.2, 0.25) is 0 Å². The van der Waals surface area contributed by atoms with Gasteiger partial charge in [0.25, 0.3) is 0 Å². The molecule has 0 bridgehead atoms. The van der Waals surface area contributed by atoms with Crippen molar-refractivity contribution in [1.82, 2.24) is 5.32 Å². The fourth-order valence-electron chi connectivity index (χ4n) is 1.52. The van der Waals surface area contributed by atoms with Gasteiger partial charge in [-0.2, -0.15) is 0 Å². The van der Waals surface area contributed by atoms with Crippen LogP contribution in [0.5, 0.6) is 0 Å². The number of halogens is 1. The Hall–Kier alpha value is -0.560. The van der Waals surface area contributed by atoms with E-state index in [1.165, 1.54) is 12.7 Å². The predicted molar refractivity (Wildman–Crippen MR) is 85.1 cm³/mol. The summed E-state index contributed by atoms with van der Waals surface area (Å²) >= 11 is 5.21. The standard InChI is InChI=1S/C14H20BrNO3S/c1-18-7-6-16-10-11-3-4-13(12(15)9-11)20-8-5-14(17)19-2/h3-4,9,16H,5-8,10H2,1-2H3. The zero-order valence-corrected chi connectivity index (χ0v) is 14.2. The van der Waals surface area contributed by atoms with Crippen LogP contribution in [0.1, 0.15) is 12.0 Å². The van der Waals surface area contributed by atoms with Crippen molar-refractivity contribution in [3.63, 3.8) is 0 Å². The maximum atomic E-state index is 11.0. The molecule has 0 aliphatic carbocycles. The Morgan fingerprint density at radius 2 is 2.20 bits per heavy atom.